The Balaban J connectivity index is 2.59. The summed E-state index contributed by atoms with van der Waals surface area (Å²) >= 11 is 0. The third-order valence-electron chi connectivity index (χ3n) is 2.06. The van der Waals surface area contributed by atoms with Crippen LogP contribution < -0.4 is 0 Å². The molecule has 16 heavy (non-hydrogen) atoms. The second kappa shape index (κ2) is 3.61. The lowest BCUT2D eigenvalue weighted by Gasteiger charge is -1.95. The van der Waals surface area contributed by atoms with Gasteiger partial charge in [0.1, 0.15) is 11.9 Å². The number of fused-ring (bicyclic) bond motifs is 1. The van der Waals surface area contributed by atoms with Gasteiger partial charge >= 0.3 is 0 Å². The molecule has 6 heteroatoms. The van der Waals surface area contributed by atoms with Gasteiger partial charge in [-0.05, 0) is 18.2 Å². The number of nitrogens with zero attached hydrogens (tertiary/aromatic N) is 2. The van der Waals surface area contributed by atoms with Gasteiger partial charge in [0.2, 0.25) is 5.89 Å². The van der Waals surface area contributed by atoms with Crippen molar-refractivity contribution in [2.75, 3.05) is 6.26 Å². The average Bonchev–Trinajstić information content (AvgIpc) is 2.57. The maximum Gasteiger partial charge on any atom is 0.209 e. The summed E-state index contributed by atoms with van der Waals surface area (Å²) in [5.41, 5.74) is 0.936. The molecule has 82 valence electrons. The second-order valence-electron chi connectivity index (χ2n) is 3.34. The number of aromatic nitrogens is 1. The standard InChI is InChI=1S/C10H8N2O3S/c1-16(13,14)7-2-3-9-8(6-7)12-10(15-9)4-5-11/h2-3,6H,4H2,1H3. The molecule has 2 aromatic rings. The van der Waals surface area contributed by atoms with Crippen LogP contribution in [-0.4, -0.2) is 19.7 Å². The van der Waals surface area contributed by atoms with Crippen molar-refractivity contribution in [2.24, 2.45) is 0 Å². The van der Waals surface area contributed by atoms with Crippen LogP contribution in [0.5, 0.6) is 0 Å². The summed E-state index contributed by atoms with van der Waals surface area (Å²) in [7, 11) is -3.24. The van der Waals surface area contributed by atoms with E-state index in [-0.39, 0.29) is 11.3 Å². The average molecular weight is 236 g/mol. The monoisotopic (exact) mass is 236 g/mol. The van der Waals surface area contributed by atoms with Crippen LogP contribution in [0.15, 0.2) is 27.5 Å². The molecule has 0 saturated heterocycles. The summed E-state index contributed by atoms with van der Waals surface area (Å²) in [6.07, 6.45) is 1.20. The van der Waals surface area contributed by atoms with Crippen LogP contribution in [0.2, 0.25) is 0 Å². The predicted octanol–water partition coefficient (Wildman–Crippen LogP) is 1.30. The van der Waals surface area contributed by atoms with Gasteiger partial charge in [0, 0.05) is 6.26 Å². The highest BCUT2D eigenvalue weighted by Crippen LogP contribution is 2.19. The Hall–Kier alpha value is -1.87. The first kappa shape index (κ1) is 10.6. The van der Waals surface area contributed by atoms with Gasteiger partial charge in [-0.25, -0.2) is 13.4 Å². The van der Waals surface area contributed by atoms with E-state index in [2.05, 4.69) is 4.98 Å². The molecule has 0 N–H and O–H groups in total. The van der Waals surface area contributed by atoms with E-state index in [1.165, 1.54) is 12.1 Å². The van der Waals surface area contributed by atoms with Crippen LogP contribution in [0.1, 0.15) is 5.89 Å². The highest BCUT2D eigenvalue weighted by molar-refractivity contribution is 7.90. The van der Waals surface area contributed by atoms with Crippen molar-refractivity contribution < 1.29 is 12.8 Å². The molecule has 0 spiro atoms. The number of nitriles is 1. The van der Waals surface area contributed by atoms with Crippen LogP contribution >= 0.6 is 0 Å². The third kappa shape index (κ3) is 1.90. The Morgan fingerprint density at radius 3 is 2.88 bits per heavy atom. The molecule has 0 saturated carbocycles. The Kier molecular flexibility index (Phi) is 2.40. The lowest BCUT2D eigenvalue weighted by molar-refractivity contribution is 0.548. The summed E-state index contributed by atoms with van der Waals surface area (Å²) in [6, 6.07) is 6.35. The van der Waals surface area contributed by atoms with E-state index in [4.69, 9.17) is 9.68 Å². The molecular formula is C10H8N2O3S. The minimum absolute atomic E-state index is 0.0723. The van der Waals surface area contributed by atoms with Gasteiger partial charge in [-0.1, -0.05) is 0 Å². The molecule has 5 nitrogen and oxygen atoms in total. The van der Waals surface area contributed by atoms with Gasteiger partial charge in [-0.15, -0.1) is 0 Å². The summed E-state index contributed by atoms with van der Waals surface area (Å²) in [5, 5.41) is 8.48. The Bertz CT molecular complexity index is 680. The van der Waals surface area contributed by atoms with Crippen molar-refractivity contribution in [1.82, 2.24) is 4.98 Å². The Morgan fingerprint density at radius 2 is 2.25 bits per heavy atom. The fourth-order valence-electron chi connectivity index (χ4n) is 1.33. The van der Waals surface area contributed by atoms with Crippen LogP contribution in [0.3, 0.4) is 0 Å². The van der Waals surface area contributed by atoms with E-state index in [9.17, 15) is 8.42 Å². The lowest BCUT2D eigenvalue weighted by Crippen LogP contribution is -1.96. The van der Waals surface area contributed by atoms with E-state index in [0.717, 1.165) is 6.26 Å². The fourth-order valence-corrected chi connectivity index (χ4v) is 1.97. The van der Waals surface area contributed by atoms with Crippen molar-refractivity contribution in [2.45, 2.75) is 11.3 Å². The van der Waals surface area contributed by atoms with E-state index in [1.54, 1.807) is 6.07 Å². The molecule has 2 rings (SSSR count). The minimum atomic E-state index is -3.24. The van der Waals surface area contributed by atoms with E-state index >= 15 is 0 Å². The first-order valence-corrected chi connectivity index (χ1v) is 6.36. The van der Waals surface area contributed by atoms with Crippen molar-refractivity contribution in [1.29, 1.82) is 5.26 Å². The van der Waals surface area contributed by atoms with E-state index in [0.29, 0.717) is 17.0 Å². The van der Waals surface area contributed by atoms with Gasteiger partial charge in [-0.2, -0.15) is 5.26 Å². The third-order valence-corrected chi connectivity index (χ3v) is 3.17. The molecule has 1 aromatic heterocycles. The summed E-state index contributed by atoms with van der Waals surface area (Å²) in [6.45, 7) is 0. The summed E-state index contributed by atoms with van der Waals surface area (Å²) < 4.78 is 27.8. The zero-order valence-corrected chi connectivity index (χ0v) is 9.28. The molecular weight excluding hydrogens is 228 g/mol. The molecule has 0 aliphatic rings. The van der Waals surface area contributed by atoms with Gasteiger partial charge in [0.15, 0.2) is 15.4 Å². The first-order chi connectivity index (χ1) is 7.50. The van der Waals surface area contributed by atoms with Gasteiger partial charge in [-0.3, -0.25) is 0 Å². The molecule has 1 heterocycles. The number of benzene rings is 1. The van der Waals surface area contributed by atoms with Gasteiger partial charge < -0.3 is 4.42 Å². The molecule has 0 bridgehead atoms. The fraction of sp³-hybridized carbons (Fsp3) is 0.200. The highest BCUT2D eigenvalue weighted by Gasteiger charge is 2.11. The molecule has 0 aliphatic carbocycles. The van der Waals surface area contributed by atoms with Gasteiger partial charge in [0.25, 0.3) is 0 Å². The van der Waals surface area contributed by atoms with Crippen molar-refractivity contribution in [3.63, 3.8) is 0 Å². The number of hydrogen-bond acceptors (Lipinski definition) is 5. The van der Waals surface area contributed by atoms with Crippen molar-refractivity contribution in [3.8, 4) is 6.07 Å². The van der Waals surface area contributed by atoms with Crippen molar-refractivity contribution >= 4 is 20.9 Å². The molecule has 0 atom stereocenters. The van der Waals surface area contributed by atoms with E-state index < -0.39 is 9.84 Å². The summed E-state index contributed by atoms with van der Waals surface area (Å²) in [4.78, 5) is 4.21. The van der Waals surface area contributed by atoms with E-state index in [1.807, 2.05) is 6.07 Å². The molecule has 0 aliphatic heterocycles. The largest absolute Gasteiger partial charge is 0.440 e. The zero-order valence-electron chi connectivity index (χ0n) is 8.47. The smallest absolute Gasteiger partial charge is 0.209 e. The maximum atomic E-state index is 11.3. The lowest BCUT2D eigenvalue weighted by atomic mass is 10.3. The van der Waals surface area contributed by atoms with Crippen LogP contribution in [0.4, 0.5) is 0 Å². The van der Waals surface area contributed by atoms with Crippen molar-refractivity contribution in [3.05, 3.63) is 24.1 Å². The minimum Gasteiger partial charge on any atom is -0.440 e. The molecule has 0 amide bonds. The zero-order chi connectivity index (χ0) is 11.8. The molecule has 0 fully saturated rings. The van der Waals surface area contributed by atoms with Crippen LogP contribution in [0, 0.1) is 11.3 Å². The molecule has 0 radical (unpaired) electrons. The Labute approximate surface area is 92.2 Å². The predicted molar refractivity (Wildman–Crippen MR) is 56.4 cm³/mol. The molecule has 0 unspecified atom stereocenters. The second-order valence-corrected chi connectivity index (χ2v) is 5.36. The molecule has 1 aromatic carbocycles. The number of sulfone groups is 1. The highest BCUT2D eigenvalue weighted by atomic mass is 32.2. The topological polar surface area (TPSA) is 84.0 Å². The Morgan fingerprint density at radius 1 is 1.50 bits per heavy atom. The normalized spacial score (nSPS) is 11.5. The number of hydrogen-bond donors (Lipinski definition) is 0. The van der Waals surface area contributed by atoms with Crippen LogP contribution in [0.25, 0.3) is 11.1 Å². The quantitative estimate of drug-likeness (QED) is 0.784. The summed E-state index contributed by atoms with van der Waals surface area (Å²) in [5.74, 6) is 0.295. The number of oxazole rings is 1. The SMILES string of the molecule is CS(=O)(=O)c1ccc2oc(CC#N)nc2c1. The van der Waals surface area contributed by atoms with Crippen LogP contribution in [-0.2, 0) is 16.3 Å². The first-order valence-electron chi connectivity index (χ1n) is 4.47. The maximum absolute atomic E-state index is 11.3. The number of rotatable bonds is 2. The van der Waals surface area contributed by atoms with Gasteiger partial charge in [0.05, 0.1) is 11.0 Å².